The zero-order valence-electron chi connectivity index (χ0n) is 13.0. The van der Waals surface area contributed by atoms with E-state index in [2.05, 4.69) is 77.8 Å². The fraction of sp³-hybridized carbons (Fsp3) is 0.647. The Morgan fingerprint density at radius 2 is 1.95 bits per heavy atom. The molecule has 1 atom stereocenters. The molecule has 0 bridgehead atoms. The average molecular weight is 386 g/mol. The summed E-state index contributed by atoms with van der Waals surface area (Å²) in [5, 5.41) is 3.66. The lowest BCUT2D eigenvalue weighted by Crippen LogP contribution is -2.44. The number of likely N-dealkylation sites (tertiary alicyclic amines) is 1. The molecule has 20 heavy (non-hydrogen) atoms. The molecule has 1 N–H and O–H groups in total. The van der Waals surface area contributed by atoms with Crippen molar-refractivity contribution in [2.75, 3.05) is 19.6 Å². The minimum absolute atomic E-state index is 0.235. The monoisotopic (exact) mass is 386 g/mol. The summed E-state index contributed by atoms with van der Waals surface area (Å²) in [7, 11) is 0. The Kier molecular flexibility index (Phi) is 5.87. The van der Waals surface area contributed by atoms with Crippen LogP contribution in [0, 0.1) is 9.49 Å². The van der Waals surface area contributed by atoms with Crippen molar-refractivity contribution in [2.45, 2.75) is 45.7 Å². The Hall–Kier alpha value is -0.130. The molecule has 1 aliphatic heterocycles. The molecule has 0 spiro atoms. The van der Waals surface area contributed by atoms with Crippen LogP contribution in [0.5, 0.6) is 0 Å². The number of nitrogens with zero attached hydrogens (tertiary/aromatic N) is 1. The number of hydrogen-bond acceptors (Lipinski definition) is 2. The van der Waals surface area contributed by atoms with Crippen LogP contribution in [0.4, 0.5) is 0 Å². The molecule has 3 heteroatoms. The molecular formula is C17H27IN2. The van der Waals surface area contributed by atoms with Gasteiger partial charge >= 0.3 is 0 Å². The molecule has 1 aliphatic rings. The quantitative estimate of drug-likeness (QED) is 0.790. The minimum atomic E-state index is 0.235. The van der Waals surface area contributed by atoms with Crippen molar-refractivity contribution >= 4 is 22.6 Å². The van der Waals surface area contributed by atoms with Gasteiger partial charge in [0.25, 0.3) is 0 Å². The first-order valence-electron chi connectivity index (χ1n) is 7.64. The second-order valence-electron chi connectivity index (χ2n) is 7.00. The van der Waals surface area contributed by atoms with Crippen LogP contribution in [0.25, 0.3) is 0 Å². The van der Waals surface area contributed by atoms with Crippen LogP contribution in [0.3, 0.4) is 0 Å². The lowest BCUT2D eigenvalue weighted by Gasteiger charge is -2.34. The highest BCUT2D eigenvalue weighted by atomic mass is 127. The maximum Gasteiger partial charge on any atom is 0.0233 e. The topological polar surface area (TPSA) is 15.3 Å². The fourth-order valence-electron chi connectivity index (χ4n) is 2.76. The number of rotatable bonds is 4. The summed E-state index contributed by atoms with van der Waals surface area (Å²) in [5.74, 6) is 0.798. The predicted octanol–water partition coefficient (Wildman–Crippen LogP) is 3.89. The molecule has 1 aromatic carbocycles. The molecule has 1 fully saturated rings. The van der Waals surface area contributed by atoms with Crippen molar-refractivity contribution in [1.82, 2.24) is 10.2 Å². The lowest BCUT2D eigenvalue weighted by molar-refractivity contribution is 0.160. The van der Waals surface area contributed by atoms with Gasteiger partial charge in [-0.2, -0.15) is 0 Å². The van der Waals surface area contributed by atoms with E-state index in [1.807, 2.05) is 0 Å². The van der Waals surface area contributed by atoms with Crippen LogP contribution in [0.15, 0.2) is 24.3 Å². The molecule has 2 nitrogen and oxygen atoms in total. The van der Waals surface area contributed by atoms with E-state index in [1.54, 1.807) is 0 Å². The average Bonchev–Trinajstić information content (AvgIpc) is 2.39. The molecule has 0 aliphatic carbocycles. The largest absolute Gasteiger partial charge is 0.312 e. The maximum atomic E-state index is 3.66. The fourth-order valence-corrected chi connectivity index (χ4v) is 3.12. The van der Waals surface area contributed by atoms with Crippen LogP contribution in [-0.4, -0.2) is 30.1 Å². The van der Waals surface area contributed by atoms with Crippen molar-refractivity contribution in [2.24, 2.45) is 5.92 Å². The van der Waals surface area contributed by atoms with Crippen molar-refractivity contribution in [3.05, 3.63) is 33.4 Å². The van der Waals surface area contributed by atoms with E-state index in [0.717, 1.165) is 19.0 Å². The number of piperidine rings is 1. The van der Waals surface area contributed by atoms with E-state index in [9.17, 15) is 0 Å². The lowest BCUT2D eigenvalue weighted by atomic mass is 9.96. The third-order valence-corrected chi connectivity index (χ3v) is 4.56. The van der Waals surface area contributed by atoms with Gasteiger partial charge < -0.3 is 5.32 Å². The first-order valence-corrected chi connectivity index (χ1v) is 8.72. The molecule has 0 saturated carbocycles. The molecule has 112 valence electrons. The Bertz CT molecular complexity index is 408. The summed E-state index contributed by atoms with van der Waals surface area (Å²) in [6.07, 6.45) is 2.70. The highest BCUT2D eigenvalue weighted by Gasteiger charge is 2.21. The SMILES string of the molecule is CC(C)(C)NCC1CCCN(Cc2ccc(I)cc2)C1. The predicted molar refractivity (Wildman–Crippen MR) is 94.9 cm³/mol. The van der Waals surface area contributed by atoms with E-state index in [-0.39, 0.29) is 5.54 Å². The Morgan fingerprint density at radius 1 is 1.25 bits per heavy atom. The van der Waals surface area contributed by atoms with E-state index in [1.165, 1.54) is 35.1 Å². The van der Waals surface area contributed by atoms with E-state index >= 15 is 0 Å². The third kappa shape index (κ3) is 5.70. The second kappa shape index (κ2) is 7.23. The summed E-state index contributed by atoms with van der Waals surface area (Å²) in [6, 6.07) is 8.94. The third-order valence-electron chi connectivity index (χ3n) is 3.84. The second-order valence-corrected chi connectivity index (χ2v) is 8.25. The zero-order valence-corrected chi connectivity index (χ0v) is 15.1. The molecule has 0 amide bonds. The summed E-state index contributed by atoms with van der Waals surface area (Å²) >= 11 is 2.37. The minimum Gasteiger partial charge on any atom is -0.312 e. The maximum absolute atomic E-state index is 3.66. The summed E-state index contributed by atoms with van der Waals surface area (Å²) in [4.78, 5) is 2.61. The van der Waals surface area contributed by atoms with Crippen molar-refractivity contribution in [3.63, 3.8) is 0 Å². The van der Waals surface area contributed by atoms with Crippen LogP contribution in [-0.2, 0) is 6.54 Å². The van der Waals surface area contributed by atoms with E-state index in [0.29, 0.717) is 0 Å². The van der Waals surface area contributed by atoms with Gasteiger partial charge in [-0.1, -0.05) is 12.1 Å². The number of halogens is 1. The smallest absolute Gasteiger partial charge is 0.0233 e. The standard InChI is InChI=1S/C17H27IN2/c1-17(2,3)19-11-15-5-4-10-20(13-15)12-14-6-8-16(18)9-7-14/h6-9,15,19H,4-5,10-13H2,1-3H3. The number of hydrogen-bond donors (Lipinski definition) is 1. The van der Waals surface area contributed by atoms with Gasteiger partial charge in [0.2, 0.25) is 0 Å². The van der Waals surface area contributed by atoms with Gasteiger partial charge in [-0.15, -0.1) is 0 Å². The van der Waals surface area contributed by atoms with Gasteiger partial charge in [0.1, 0.15) is 0 Å². The first-order chi connectivity index (χ1) is 9.42. The van der Waals surface area contributed by atoms with Gasteiger partial charge in [0.05, 0.1) is 0 Å². The molecule has 1 unspecified atom stereocenters. The molecule has 0 radical (unpaired) electrons. The van der Waals surface area contributed by atoms with Gasteiger partial charge in [-0.3, -0.25) is 4.90 Å². The molecule has 1 heterocycles. The van der Waals surface area contributed by atoms with Crippen molar-refractivity contribution in [3.8, 4) is 0 Å². The van der Waals surface area contributed by atoms with Gasteiger partial charge in [-0.05, 0) is 92.9 Å². The normalized spacial score (nSPS) is 21.1. The van der Waals surface area contributed by atoms with Gasteiger partial charge in [-0.25, -0.2) is 0 Å². The van der Waals surface area contributed by atoms with Crippen LogP contribution >= 0.6 is 22.6 Å². The van der Waals surface area contributed by atoms with Crippen LogP contribution in [0.1, 0.15) is 39.2 Å². The van der Waals surface area contributed by atoms with Crippen LogP contribution in [0.2, 0.25) is 0 Å². The highest BCUT2D eigenvalue weighted by Crippen LogP contribution is 2.19. The highest BCUT2D eigenvalue weighted by molar-refractivity contribution is 14.1. The summed E-state index contributed by atoms with van der Waals surface area (Å²) < 4.78 is 1.32. The van der Waals surface area contributed by atoms with Gasteiger partial charge in [0.15, 0.2) is 0 Å². The van der Waals surface area contributed by atoms with Crippen molar-refractivity contribution < 1.29 is 0 Å². The number of nitrogens with one attached hydrogen (secondary N) is 1. The summed E-state index contributed by atoms with van der Waals surface area (Å²) in [5.41, 5.74) is 1.67. The van der Waals surface area contributed by atoms with Crippen molar-refractivity contribution in [1.29, 1.82) is 0 Å². The zero-order chi connectivity index (χ0) is 14.6. The summed E-state index contributed by atoms with van der Waals surface area (Å²) in [6.45, 7) is 11.5. The Balaban J connectivity index is 1.82. The Morgan fingerprint density at radius 3 is 2.60 bits per heavy atom. The first kappa shape index (κ1) is 16.2. The molecular weight excluding hydrogens is 359 g/mol. The molecule has 1 aromatic rings. The van der Waals surface area contributed by atoms with Gasteiger partial charge in [0, 0.05) is 22.2 Å². The van der Waals surface area contributed by atoms with Crippen LogP contribution < -0.4 is 5.32 Å². The van der Waals surface area contributed by atoms with E-state index in [4.69, 9.17) is 0 Å². The molecule has 0 aromatic heterocycles. The number of benzene rings is 1. The molecule has 1 saturated heterocycles. The Labute approximate surface area is 137 Å². The van der Waals surface area contributed by atoms with E-state index < -0.39 is 0 Å². The molecule has 2 rings (SSSR count).